The number of aromatic nitrogens is 3. The van der Waals surface area contributed by atoms with Gasteiger partial charge in [-0.15, -0.1) is 10.2 Å². The predicted molar refractivity (Wildman–Crippen MR) is 94.5 cm³/mol. The lowest BCUT2D eigenvalue weighted by Gasteiger charge is -2.07. The van der Waals surface area contributed by atoms with E-state index in [4.69, 9.17) is 11.6 Å². The maximum absolute atomic E-state index is 12.3. The third-order valence-electron chi connectivity index (χ3n) is 3.34. The zero-order valence-electron chi connectivity index (χ0n) is 13.2. The van der Waals surface area contributed by atoms with E-state index < -0.39 is 6.61 Å². The monoisotopic (exact) mass is 395 g/mol. The molecule has 0 amide bonds. The van der Waals surface area contributed by atoms with Gasteiger partial charge >= 0.3 is 6.61 Å². The van der Waals surface area contributed by atoms with Crippen LogP contribution in [0.5, 0.6) is 5.75 Å². The Morgan fingerprint density at radius 2 is 2.00 bits per heavy atom. The van der Waals surface area contributed by atoms with Gasteiger partial charge in [-0.3, -0.25) is 9.36 Å². The van der Waals surface area contributed by atoms with E-state index in [0.717, 1.165) is 5.69 Å². The molecule has 0 aliphatic heterocycles. The van der Waals surface area contributed by atoms with Crippen molar-refractivity contribution in [2.75, 3.05) is 5.75 Å². The van der Waals surface area contributed by atoms with Gasteiger partial charge in [-0.1, -0.05) is 29.4 Å². The molecule has 26 heavy (non-hydrogen) atoms. The smallest absolute Gasteiger partial charge is 0.387 e. The van der Waals surface area contributed by atoms with E-state index in [1.165, 1.54) is 42.4 Å². The number of alkyl halides is 2. The van der Waals surface area contributed by atoms with Crippen molar-refractivity contribution in [1.29, 1.82) is 0 Å². The summed E-state index contributed by atoms with van der Waals surface area (Å²) < 4.78 is 30.3. The average Bonchev–Trinajstić information content (AvgIpc) is 3.08. The first-order valence-electron chi connectivity index (χ1n) is 7.40. The summed E-state index contributed by atoms with van der Waals surface area (Å²) in [7, 11) is 0. The van der Waals surface area contributed by atoms with Crippen molar-refractivity contribution in [2.24, 2.45) is 0 Å². The van der Waals surface area contributed by atoms with Crippen LogP contribution in [-0.4, -0.2) is 32.9 Å². The fraction of sp³-hybridized carbons (Fsp3) is 0.118. The van der Waals surface area contributed by atoms with E-state index in [2.05, 4.69) is 14.9 Å². The number of hydrogen-bond acceptors (Lipinski definition) is 5. The molecule has 1 aromatic heterocycles. The number of ketones is 1. The van der Waals surface area contributed by atoms with Crippen LogP contribution in [0.1, 0.15) is 10.4 Å². The lowest BCUT2D eigenvalue weighted by Crippen LogP contribution is -2.05. The molecule has 0 atom stereocenters. The maximum Gasteiger partial charge on any atom is 0.387 e. The molecular formula is C17H12ClF2N3O2S. The molecule has 0 radical (unpaired) electrons. The summed E-state index contributed by atoms with van der Waals surface area (Å²) in [6.45, 7) is -2.90. The van der Waals surface area contributed by atoms with Crippen LogP contribution in [0.25, 0.3) is 5.69 Å². The highest BCUT2D eigenvalue weighted by Crippen LogP contribution is 2.23. The number of benzene rings is 2. The van der Waals surface area contributed by atoms with Gasteiger partial charge in [-0.25, -0.2) is 0 Å². The molecule has 0 aliphatic rings. The zero-order valence-corrected chi connectivity index (χ0v) is 14.8. The van der Waals surface area contributed by atoms with Crippen LogP contribution >= 0.6 is 23.4 Å². The highest BCUT2D eigenvalue weighted by atomic mass is 35.5. The predicted octanol–water partition coefficient (Wildman–Crippen LogP) is 4.50. The number of hydrogen-bond donors (Lipinski definition) is 0. The van der Waals surface area contributed by atoms with Crippen molar-refractivity contribution >= 4 is 29.1 Å². The summed E-state index contributed by atoms with van der Waals surface area (Å²) in [5, 5.41) is 9.00. The Morgan fingerprint density at radius 1 is 1.23 bits per heavy atom. The van der Waals surface area contributed by atoms with E-state index in [9.17, 15) is 13.6 Å². The lowest BCUT2D eigenvalue weighted by atomic mass is 10.1. The SMILES string of the molecule is O=C(CSc1nncn1-c1cccc(Cl)c1)c1ccc(OC(F)F)cc1. The Kier molecular flexibility index (Phi) is 5.85. The highest BCUT2D eigenvalue weighted by molar-refractivity contribution is 7.99. The minimum atomic E-state index is -2.90. The second kappa shape index (κ2) is 8.29. The Labute approximate surface area is 156 Å². The maximum atomic E-state index is 12.3. The van der Waals surface area contributed by atoms with Gasteiger partial charge in [-0.2, -0.15) is 8.78 Å². The number of ether oxygens (including phenoxy) is 1. The summed E-state index contributed by atoms with van der Waals surface area (Å²) in [6.07, 6.45) is 1.54. The topological polar surface area (TPSA) is 57.0 Å². The van der Waals surface area contributed by atoms with E-state index in [-0.39, 0.29) is 17.3 Å². The van der Waals surface area contributed by atoms with Gasteiger partial charge in [-0.05, 0) is 42.5 Å². The van der Waals surface area contributed by atoms with Crippen LogP contribution in [0.2, 0.25) is 5.02 Å². The van der Waals surface area contributed by atoms with Gasteiger partial charge in [0.2, 0.25) is 0 Å². The van der Waals surface area contributed by atoms with Crippen LogP contribution in [0.15, 0.2) is 60.0 Å². The number of Topliss-reactive ketones (excluding diaryl/α,β-unsaturated/α-hetero) is 1. The molecule has 9 heteroatoms. The van der Waals surface area contributed by atoms with Gasteiger partial charge in [0.05, 0.1) is 11.4 Å². The van der Waals surface area contributed by atoms with E-state index in [0.29, 0.717) is 15.7 Å². The van der Waals surface area contributed by atoms with Crippen molar-refractivity contribution in [3.63, 3.8) is 0 Å². The van der Waals surface area contributed by atoms with Crippen molar-refractivity contribution in [3.8, 4) is 11.4 Å². The Morgan fingerprint density at radius 3 is 2.69 bits per heavy atom. The normalized spacial score (nSPS) is 10.9. The third-order valence-corrected chi connectivity index (χ3v) is 4.51. The Hall–Kier alpha value is -2.45. The molecule has 3 rings (SSSR count). The quantitative estimate of drug-likeness (QED) is 0.435. The summed E-state index contributed by atoms with van der Waals surface area (Å²) in [4.78, 5) is 12.3. The average molecular weight is 396 g/mol. The van der Waals surface area contributed by atoms with Crippen molar-refractivity contribution in [1.82, 2.24) is 14.8 Å². The van der Waals surface area contributed by atoms with Crippen molar-refractivity contribution < 1.29 is 18.3 Å². The second-order valence-electron chi connectivity index (χ2n) is 5.08. The molecule has 0 fully saturated rings. The first-order chi connectivity index (χ1) is 12.5. The fourth-order valence-electron chi connectivity index (χ4n) is 2.16. The second-order valence-corrected chi connectivity index (χ2v) is 6.46. The molecule has 0 unspecified atom stereocenters. The highest BCUT2D eigenvalue weighted by Gasteiger charge is 2.13. The standard InChI is InChI=1S/C17H12ClF2N3O2S/c18-12-2-1-3-13(8-12)23-10-21-22-17(23)26-9-15(24)11-4-6-14(7-5-11)25-16(19)20/h1-8,10,16H,9H2. The fourth-order valence-corrected chi connectivity index (χ4v) is 3.17. The molecule has 0 saturated heterocycles. The molecule has 0 aliphatic carbocycles. The molecule has 0 N–H and O–H groups in total. The van der Waals surface area contributed by atoms with Crippen molar-refractivity contribution in [3.05, 3.63) is 65.4 Å². The van der Waals surface area contributed by atoms with Gasteiger partial charge in [0.25, 0.3) is 0 Å². The number of rotatable bonds is 7. The van der Waals surface area contributed by atoms with Crippen LogP contribution in [0.3, 0.4) is 0 Å². The summed E-state index contributed by atoms with van der Waals surface area (Å²) in [5.41, 5.74) is 1.18. The molecule has 1 heterocycles. The van der Waals surface area contributed by atoms with Gasteiger partial charge in [0.15, 0.2) is 10.9 Å². The summed E-state index contributed by atoms with van der Waals surface area (Å²) >= 11 is 7.21. The molecule has 134 valence electrons. The zero-order chi connectivity index (χ0) is 18.5. The summed E-state index contributed by atoms with van der Waals surface area (Å²) in [6, 6.07) is 12.7. The Balaban J connectivity index is 1.66. The van der Waals surface area contributed by atoms with E-state index >= 15 is 0 Å². The lowest BCUT2D eigenvalue weighted by molar-refractivity contribution is -0.0498. The molecule has 0 bridgehead atoms. The molecule has 5 nitrogen and oxygen atoms in total. The van der Waals surface area contributed by atoms with Gasteiger partial charge in [0, 0.05) is 10.6 Å². The number of nitrogens with zero attached hydrogens (tertiary/aromatic N) is 3. The molecule has 2 aromatic carbocycles. The number of carbonyl (C=O) groups is 1. The molecule has 0 spiro atoms. The van der Waals surface area contributed by atoms with Gasteiger partial charge < -0.3 is 4.74 Å². The Bertz CT molecular complexity index is 903. The van der Waals surface area contributed by atoms with Gasteiger partial charge in [0.1, 0.15) is 12.1 Å². The van der Waals surface area contributed by atoms with E-state index in [1.54, 1.807) is 22.8 Å². The largest absolute Gasteiger partial charge is 0.435 e. The first kappa shape index (κ1) is 18.3. The number of carbonyl (C=O) groups excluding carboxylic acids is 1. The molecule has 0 saturated carbocycles. The van der Waals surface area contributed by atoms with Crippen molar-refractivity contribution in [2.45, 2.75) is 11.8 Å². The summed E-state index contributed by atoms with van der Waals surface area (Å²) in [5.74, 6) is -0.0435. The minimum Gasteiger partial charge on any atom is -0.435 e. The van der Waals surface area contributed by atoms with Crippen LogP contribution in [-0.2, 0) is 0 Å². The molecular weight excluding hydrogens is 384 g/mol. The number of thioether (sulfide) groups is 1. The van der Waals surface area contributed by atoms with E-state index in [1.807, 2.05) is 6.07 Å². The number of halogens is 3. The van der Waals surface area contributed by atoms with Crippen LogP contribution < -0.4 is 4.74 Å². The van der Waals surface area contributed by atoms with Crippen LogP contribution in [0, 0.1) is 0 Å². The molecule has 3 aromatic rings. The first-order valence-corrected chi connectivity index (χ1v) is 8.76. The van der Waals surface area contributed by atoms with Crippen LogP contribution in [0.4, 0.5) is 8.78 Å². The minimum absolute atomic E-state index is 0.00454. The third kappa shape index (κ3) is 4.59.